The van der Waals surface area contributed by atoms with E-state index in [0.717, 1.165) is 17.0 Å². The van der Waals surface area contributed by atoms with Crippen molar-refractivity contribution in [3.63, 3.8) is 0 Å². The third kappa shape index (κ3) is 3.42. The molecule has 0 bridgehead atoms. The summed E-state index contributed by atoms with van der Waals surface area (Å²) >= 11 is 4.88. The lowest BCUT2D eigenvalue weighted by molar-refractivity contribution is -0.116. The number of hydrogen-bond acceptors (Lipinski definition) is 3. The summed E-state index contributed by atoms with van der Waals surface area (Å²) < 4.78 is 1.67. The zero-order valence-electron chi connectivity index (χ0n) is 11.4. The minimum Gasteiger partial charge on any atom is -0.389 e. The smallest absolute Gasteiger partial charge is 0.246 e. The van der Waals surface area contributed by atoms with Gasteiger partial charge in [-0.2, -0.15) is 5.10 Å². The molecule has 6 heteroatoms. The maximum absolute atomic E-state index is 11.9. The van der Waals surface area contributed by atoms with Crippen molar-refractivity contribution in [3.05, 3.63) is 47.3 Å². The molecular formula is C14H16N4OS. The fourth-order valence-corrected chi connectivity index (χ4v) is 2.03. The van der Waals surface area contributed by atoms with Crippen molar-refractivity contribution in [1.29, 1.82) is 0 Å². The number of nitrogens with one attached hydrogen (secondary N) is 1. The number of aryl methyl sites for hydroxylation is 2. The second kappa shape index (κ2) is 5.83. The van der Waals surface area contributed by atoms with Crippen molar-refractivity contribution in [2.75, 3.05) is 5.32 Å². The molecule has 0 aliphatic rings. The van der Waals surface area contributed by atoms with E-state index in [4.69, 9.17) is 18.0 Å². The van der Waals surface area contributed by atoms with Gasteiger partial charge in [-0.1, -0.05) is 12.2 Å². The molecule has 0 atom stereocenters. The number of thiocarbonyl (C=S) groups is 1. The number of carbonyl (C=O) groups is 1. The van der Waals surface area contributed by atoms with Crippen LogP contribution in [0.3, 0.4) is 0 Å². The molecule has 0 fully saturated rings. The third-order valence-electron chi connectivity index (χ3n) is 2.85. The topological polar surface area (TPSA) is 72.9 Å². The summed E-state index contributed by atoms with van der Waals surface area (Å²) in [6, 6.07) is 9.04. The van der Waals surface area contributed by atoms with Crippen LogP contribution in [-0.4, -0.2) is 20.7 Å². The number of nitrogens with two attached hydrogens (primary N) is 1. The Balaban J connectivity index is 2.01. The minimum atomic E-state index is -0.126. The average Bonchev–Trinajstić information content (AvgIpc) is 2.68. The maximum Gasteiger partial charge on any atom is 0.246 e. The van der Waals surface area contributed by atoms with Crippen LogP contribution in [0.15, 0.2) is 30.3 Å². The van der Waals surface area contributed by atoms with E-state index < -0.39 is 0 Å². The fraction of sp³-hybridized carbons (Fsp3) is 0.214. The van der Waals surface area contributed by atoms with Crippen LogP contribution in [-0.2, 0) is 11.3 Å². The van der Waals surface area contributed by atoms with Crippen LogP contribution in [0, 0.1) is 13.8 Å². The van der Waals surface area contributed by atoms with E-state index in [1.54, 1.807) is 28.9 Å². The first-order valence-electron chi connectivity index (χ1n) is 6.16. The number of hydrogen-bond donors (Lipinski definition) is 2. The summed E-state index contributed by atoms with van der Waals surface area (Å²) in [5, 5.41) is 7.06. The van der Waals surface area contributed by atoms with Crippen LogP contribution in [0.25, 0.3) is 0 Å². The molecule has 3 N–H and O–H groups in total. The van der Waals surface area contributed by atoms with Crippen LogP contribution in [0.5, 0.6) is 0 Å². The Morgan fingerprint density at radius 2 is 2.00 bits per heavy atom. The van der Waals surface area contributed by atoms with Gasteiger partial charge in [0.2, 0.25) is 5.91 Å². The van der Waals surface area contributed by atoms with Gasteiger partial charge in [-0.15, -0.1) is 0 Å². The Morgan fingerprint density at radius 3 is 2.50 bits per heavy atom. The van der Waals surface area contributed by atoms with Crippen LogP contribution < -0.4 is 11.1 Å². The summed E-state index contributed by atoms with van der Waals surface area (Å²) in [7, 11) is 0. The Kier molecular flexibility index (Phi) is 4.14. The van der Waals surface area contributed by atoms with Gasteiger partial charge >= 0.3 is 0 Å². The third-order valence-corrected chi connectivity index (χ3v) is 3.09. The van der Waals surface area contributed by atoms with Crippen molar-refractivity contribution < 1.29 is 4.79 Å². The highest BCUT2D eigenvalue weighted by molar-refractivity contribution is 7.80. The lowest BCUT2D eigenvalue weighted by Crippen LogP contribution is -2.20. The molecule has 1 heterocycles. The monoisotopic (exact) mass is 288 g/mol. The van der Waals surface area contributed by atoms with Crippen molar-refractivity contribution in [3.8, 4) is 0 Å². The van der Waals surface area contributed by atoms with Crippen molar-refractivity contribution in [1.82, 2.24) is 9.78 Å². The molecule has 104 valence electrons. The quantitative estimate of drug-likeness (QED) is 0.841. The zero-order valence-corrected chi connectivity index (χ0v) is 12.2. The number of nitrogens with zero attached hydrogens (tertiary/aromatic N) is 2. The number of anilines is 1. The maximum atomic E-state index is 11.9. The van der Waals surface area contributed by atoms with Gasteiger partial charge in [0, 0.05) is 16.9 Å². The largest absolute Gasteiger partial charge is 0.389 e. The predicted molar refractivity (Wildman–Crippen MR) is 82.7 cm³/mol. The molecule has 1 aromatic heterocycles. The van der Waals surface area contributed by atoms with Crippen LogP contribution in [0.2, 0.25) is 0 Å². The average molecular weight is 288 g/mol. The van der Waals surface area contributed by atoms with E-state index in [1.807, 2.05) is 19.9 Å². The van der Waals surface area contributed by atoms with Gasteiger partial charge in [-0.25, -0.2) is 0 Å². The van der Waals surface area contributed by atoms with Gasteiger partial charge in [0.25, 0.3) is 0 Å². The van der Waals surface area contributed by atoms with Gasteiger partial charge < -0.3 is 11.1 Å². The number of aromatic nitrogens is 2. The van der Waals surface area contributed by atoms with E-state index in [2.05, 4.69) is 10.4 Å². The highest BCUT2D eigenvalue weighted by Gasteiger charge is 2.07. The number of rotatable bonds is 4. The highest BCUT2D eigenvalue weighted by Crippen LogP contribution is 2.10. The first kappa shape index (κ1) is 14.2. The predicted octanol–water partition coefficient (Wildman–Crippen LogP) is 1.77. The Bertz CT molecular complexity index is 646. The minimum absolute atomic E-state index is 0.126. The number of carbonyl (C=O) groups excluding carboxylic acids is 1. The normalized spacial score (nSPS) is 10.3. The highest BCUT2D eigenvalue weighted by atomic mass is 32.1. The van der Waals surface area contributed by atoms with E-state index in [0.29, 0.717) is 10.7 Å². The van der Waals surface area contributed by atoms with Crippen LogP contribution in [0.4, 0.5) is 5.69 Å². The lowest BCUT2D eigenvalue weighted by Gasteiger charge is -2.07. The fourth-order valence-electron chi connectivity index (χ4n) is 1.89. The standard InChI is InChI=1S/C14H16N4OS/c1-9-7-10(2)18(17-9)8-13(19)16-12-5-3-11(4-6-12)14(15)20/h3-7H,8H2,1-2H3,(H2,15,20)(H,16,19). The summed E-state index contributed by atoms with van der Waals surface area (Å²) in [4.78, 5) is 12.3. The molecule has 2 rings (SSSR count). The second-order valence-corrected chi connectivity index (χ2v) is 5.01. The molecule has 5 nitrogen and oxygen atoms in total. The number of amides is 1. The summed E-state index contributed by atoms with van der Waals surface area (Å²) in [5.74, 6) is -0.126. The van der Waals surface area contributed by atoms with Gasteiger partial charge in [0.1, 0.15) is 11.5 Å². The molecule has 0 unspecified atom stereocenters. The van der Waals surface area contributed by atoms with Gasteiger partial charge in [-0.3, -0.25) is 9.48 Å². The zero-order chi connectivity index (χ0) is 14.7. The molecular weight excluding hydrogens is 272 g/mol. The van der Waals surface area contributed by atoms with Crippen LogP contribution in [0.1, 0.15) is 17.0 Å². The molecule has 20 heavy (non-hydrogen) atoms. The Morgan fingerprint density at radius 1 is 1.35 bits per heavy atom. The van der Waals surface area contributed by atoms with Gasteiger partial charge in [-0.05, 0) is 44.2 Å². The second-order valence-electron chi connectivity index (χ2n) is 4.57. The molecule has 0 spiro atoms. The molecule has 0 saturated carbocycles. The molecule has 1 amide bonds. The molecule has 0 radical (unpaired) electrons. The Labute approximate surface area is 122 Å². The van der Waals surface area contributed by atoms with E-state index >= 15 is 0 Å². The summed E-state index contributed by atoms with van der Waals surface area (Å²) in [6.07, 6.45) is 0. The van der Waals surface area contributed by atoms with Crippen molar-refractivity contribution in [2.24, 2.45) is 5.73 Å². The van der Waals surface area contributed by atoms with E-state index in [1.165, 1.54) is 0 Å². The van der Waals surface area contributed by atoms with E-state index in [9.17, 15) is 4.79 Å². The summed E-state index contributed by atoms with van der Waals surface area (Å²) in [6.45, 7) is 4.01. The lowest BCUT2D eigenvalue weighted by atomic mass is 10.2. The molecule has 0 saturated heterocycles. The van der Waals surface area contributed by atoms with Gasteiger partial charge in [0.05, 0.1) is 5.69 Å². The SMILES string of the molecule is Cc1cc(C)n(CC(=O)Nc2ccc(C(N)=S)cc2)n1. The summed E-state index contributed by atoms with van der Waals surface area (Å²) in [5.41, 5.74) is 8.86. The molecule has 1 aromatic carbocycles. The molecule has 2 aromatic rings. The molecule has 0 aliphatic carbocycles. The van der Waals surface area contributed by atoms with Gasteiger partial charge in [0.15, 0.2) is 0 Å². The van der Waals surface area contributed by atoms with Crippen molar-refractivity contribution in [2.45, 2.75) is 20.4 Å². The first-order valence-corrected chi connectivity index (χ1v) is 6.57. The molecule has 0 aliphatic heterocycles. The first-order chi connectivity index (χ1) is 9.45. The van der Waals surface area contributed by atoms with Crippen LogP contribution >= 0.6 is 12.2 Å². The number of benzene rings is 1. The Hall–Kier alpha value is -2.21. The van der Waals surface area contributed by atoms with Crippen molar-refractivity contribution >= 4 is 28.8 Å². The van der Waals surface area contributed by atoms with E-state index in [-0.39, 0.29) is 12.5 Å².